The van der Waals surface area contributed by atoms with Gasteiger partial charge in [0.25, 0.3) is 0 Å². The quantitative estimate of drug-likeness (QED) is 0.113. The summed E-state index contributed by atoms with van der Waals surface area (Å²) in [5.41, 5.74) is 1.31. The zero-order valence-corrected chi connectivity index (χ0v) is 20.0. The second kappa shape index (κ2) is 11.0. The van der Waals surface area contributed by atoms with Gasteiger partial charge in [-0.15, -0.1) is 0 Å². The maximum absolute atomic E-state index is 12.8. The molecule has 2 heterocycles. The van der Waals surface area contributed by atoms with Crippen LogP contribution in [0.2, 0.25) is 0 Å². The first kappa shape index (κ1) is 24.9. The molecule has 4 rings (SSSR count). The lowest BCUT2D eigenvalue weighted by Crippen LogP contribution is -2.27. The highest BCUT2D eigenvalue weighted by Gasteiger charge is 2.17. The highest BCUT2D eigenvalue weighted by Crippen LogP contribution is 2.28. The van der Waals surface area contributed by atoms with Crippen LogP contribution in [0.3, 0.4) is 0 Å². The lowest BCUT2D eigenvalue weighted by atomic mass is 10.1. The number of hydrogen-bond acceptors (Lipinski definition) is 9. The molecule has 0 saturated heterocycles. The predicted octanol–water partition coefficient (Wildman–Crippen LogP) is 4.31. The number of nitrogens with zero attached hydrogens (tertiary/aromatic N) is 2. The van der Waals surface area contributed by atoms with Crippen LogP contribution in [0, 0.1) is 0 Å². The van der Waals surface area contributed by atoms with Gasteiger partial charge in [-0.3, -0.25) is 0 Å². The molecule has 0 spiro atoms. The standard InChI is InChI=1S/C23H22N2O8S2/c26-22(27)15-4-6-19-18(12-15)24-21(32-19)17-11-14-3-5-16(13-20(14)33-23(17)28)25(7-1-9-34-29)8-2-10-35(30)31/h3-6,11-13,29H,1-2,7-10H2,(H,26,27)(H,30,31). The summed E-state index contributed by atoms with van der Waals surface area (Å²) in [4.78, 5) is 30.2. The van der Waals surface area contributed by atoms with Crippen LogP contribution in [-0.2, 0) is 11.1 Å². The molecule has 1 atom stereocenters. The Kier molecular flexibility index (Phi) is 7.86. The van der Waals surface area contributed by atoms with Gasteiger partial charge in [0.15, 0.2) is 16.7 Å². The van der Waals surface area contributed by atoms with Crippen LogP contribution in [0.4, 0.5) is 5.69 Å². The lowest BCUT2D eigenvalue weighted by Gasteiger charge is -2.24. The van der Waals surface area contributed by atoms with Gasteiger partial charge in [0.05, 0.1) is 11.3 Å². The van der Waals surface area contributed by atoms with Gasteiger partial charge >= 0.3 is 11.6 Å². The number of aromatic carboxylic acids is 1. The number of aromatic nitrogens is 1. The van der Waals surface area contributed by atoms with Crippen molar-refractivity contribution >= 4 is 56.8 Å². The van der Waals surface area contributed by atoms with E-state index < -0.39 is 22.7 Å². The van der Waals surface area contributed by atoms with E-state index in [0.29, 0.717) is 53.8 Å². The second-order valence-corrected chi connectivity index (χ2v) is 9.45. The van der Waals surface area contributed by atoms with Gasteiger partial charge in [-0.05, 0) is 61.3 Å². The smallest absolute Gasteiger partial charge is 0.349 e. The Balaban J connectivity index is 1.65. The van der Waals surface area contributed by atoms with Gasteiger partial charge < -0.3 is 27.9 Å². The molecule has 4 aromatic rings. The summed E-state index contributed by atoms with van der Waals surface area (Å²) in [5, 5.41) is 9.80. The van der Waals surface area contributed by atoms with Crippen molar-refractivity contribution < 1.29 is 32.0 Å². The third-order valence-electron chi connectivity index (χ3n) is 5.36. The molecule has 10 nitrogen and oxygen atoms in total. The van der Waals surface area contributed by atoms with Crippen LogP contribution < -0.4 is 10.5 Å². The number of carboxylic acids is 1. The molecular formula is C23H22N2O8S2. The van der Waals surface area contributed by atoms with E-state index in [1.165, 1.54) is 18.2 Å². The summed E-state index contributed by atoms with van der Waals surface area (Å²) in [7, 11) is 0. The molecule has 0 amide bonds. The van der Waals surface area contributed by atoms with E-state index >= 15 is 0 Å². The van der Waals surface area contributed by atoms with Crippen molar-refractivity contribution in [2.45, 2.75) is 12.8 Å². The topological polar surface area (TPSA) is 154 Å². The zero-order valence-electron chi connectivity index (χ0n) is 18.4. The molecule has 2 aromatic carbocycles. The third-order valence-corrected chi connectivity index (χ3v) is 6.47. The molecule has 0 aliphatic heterocycles. The Morgan fingerprint density at radius 3 is 2.60 bits per heavy atom. The number of carbonyl (C=O) groups is 1. The highest BCUT2D eigenvalue weighted by atomic mass is 32.2. The maximum atomic E-state index is 12.8. The van der Waals surface area contributed by atoms with Gasteiger partial charge in [0.2, 0.25) is 5.89 Å². The molecule has 1 unspecified atom stereocenters. The number of carboxylic acid groups (broad SMARTS) is 1. The molecule has 35 heavy (non-hydrogen) atoms. The Hall–Kier alpha value is -3.19. The van der Waals surface area contributed by atoms with Crippen LogP contribution in [0.1, 0.15) is 23.2 Å². The fraction of sp³-hybridized carbons (Fsp3) is 0.261. The van der Waals surface area contributed by atoms with Crippen LogP contribution in [0.5, 0.6) is 0 Å². The maximum Gasteiger partial charge on any atom is 0.349 e. The summed E-state index contributed by atoms with van der Waals surface area (Å²) in [5.74, 6) is -0.364. The van der Waals surface area contributed by atoms with Crippen LogP contribution >= 0.6 is 12.0 Å². The minimum Gasteiger partial charge on any atom is -0.478 e. The van der Waals surface area contributed by atoms with E-state index in [2.05, 4.69) is 4.98 Å². The molecule has 0 radical (unpaired) electrons. The minimum absolute atomic E-state index is 0.0300. The van der Waals surface area contributed by atoms with Crippen molar-refractivity contribution in [3.05, 3.63) is 58.4 Å². The van der Waals surface area contributed by atoms with Crippen LogP contribution in [0.25, 0.3) is 33.5 Å². The lowest BCUT2D eigenvalue weighted by molar-refractivity contribution is 0.0697. The average Bonchev–Trinajstić information content (AvgIpc) is 3.25. The first-order valence-electron chi connectivity index (χ1n) is 10.7. The van der Waals surface area contributed by atoms with Gasteiger partial charge in [-0.25, -0.2) is 18.8 Å². The summed E-state index contributed by atoms with van der Waals surface area (Å²) in [6.07, 6.45) is 1.20. The fourth-order valence-electron chi connectivity index (χ4n) is 3.69. The molecular weight excluding hydrogens is 496 g/mol. The van der Waals surface area contributed by atoms with Gasteiger partial charge in [-0.2, -0.15) is 0 Å². The van der Waals surface area contributed by atoms with Gasteiger partial charge in [-0.1, -0.05) is 0 Å². The van der Waals surface area contributed by atoms with Crippen LogP contribution in [0.15, 0.2) is 56.1 Å². The molecule has 12 heteroatoms. The summed E-state index contributed by atoms with van der Waals surface area (Å²) in [6.45, 7) is 1.14. The van der Waals surface area contributed by atoms with E-state index in [1.54, 1.807) is 18.2 Å². The fourth-order valence-corrected chi connectivity index (χ4v) is 4.32. The van der Waals surface area contributed by atoms with Crippen molar-refractivity contribution in [2.75, 3.05) is 29.5 Å². The second-order valence-electron chi connectivity index (χ2n) is 7.73. The largest absolute Gasteiger partial charge is 0.478 e. The number of oxazole rings is 1. The van der Waals surface area contributed by atoms with Gasteiger partial charge in [0, 0.05) is 36.0 Å². The molecule has 0 bridgehead atoms. The van der Waals surface area contributed by atoms with Crippen molar-refractivity contribution in [1.29, 1.82) is 0 Å². The highest BCUT2D eigenvalue weighted by molar-refractivity contribution is 7.93. The summed E-state index contributed by atoms with van der Waals surface area (Å²) < 4.78 is 40.3. The molecule has 0 fully saturated rings. The molecule has 0 saturated carbocycles. The van der Waals surface area contributed by atoms with Crippen molar-refractivity contribution in [2.24, 2.45) is 0 Å². The predicted molar refractivity (Wildman–Crippen MR) is 135 cm³/mol. The van der Waals surface area contributed by atoms with Crippen LogP contribution in [-0.4, -0.2) is 54.0 Å². The van der Waals surface area contributed by atoms with E-state index in [-0.39, 0.29) is 22.8 Å². The SMILES string of the molecule is O=C(O)c1ccc2oc(-c3cc4ccc(N(CCCSO)CCCS(=O)O)cc4oc3=O)nc2c1. The summed E-state index contributed by atoms with van der Waals surface area (Å²) in [6, 6.07) is 11.2. The van der Waals surface area contributed by atoms with E-state index in [0.717, 1.165) is 17.7 Å². The summed E-state index contributed by atoms with van der Waals surface area (Å²) >= 11 is -1.12. The Bertz CT molecular complexity index is 1450. The zero-order chi connectivity index (χ0) is 24.9. The molecule has 0 aliphatic rings. The Morgan fingerprint density at radius 1 is 1.06 bits per heavy atom. The average molecular weight is 519 g/mol. The first-order valence-corrected chi connectivity index (χ1v) is 12.9. The van der Waals surface area contributed by atoms with Gasteiger partial charge in [0.1, 0.15) is 16.7 Å². The minimum atomic E-state index is -1.88. The molecule has 3 N–H and O–H groups in total. The third kappa shape index (κ3) is 5.90. The molecule has 2 aromatic heterocycles. The normalized spacial score (nSPS) is 12.3. The van der Waals surface area contributed by atoms with E-state index in [1.807, 2.05) is 11.0 Å². The van der Waals surface area contributed by atoms with Crippen molar-refractivity contribution in [3.63, 3.8) is 0 Å². The van der Waals surface area contributed by atoms with Crippen molar-refractivity contribution in [1.82, 2.24) is 4.98 Å². The number of hydrogen-bond donors (Lipinski definition) is 3. The molecule has 0 aliphatic carbocycles. The number of anilines is 1. The Morgan fingerprint density at radius 2 is 1.86 bits per heavy atom. The van der Waals surface area contributed by atoms with E-state index in [9.17, 15) is 13.8 Å². The Labute approximate surface area is 206 Å². The molecule has 184 valence electrons. The van der Waals surface area contributed by atoms with Crippen molar-refractivity contribution in [3.8, 4) is 11.5 Å². The number of fused-ring (bicyclic) bond motifs is 2. The number of benzene rings is 2. The number of rotatable bonds is 11. The monoisotopic (exact) mass is 518 g/mol. The first-order chi connectivity index (χ1) is 16.9. The van der Waals surface area contributed by atoms with E-state index in [4.69, 9.17) is 23.0 Å².